The number of likely N-dealkylation sites (tertiary alicyclic amines) is 1. The number of aromatic nitrogens is 2. The Morgan fingerprint density at radius 3 is 2.47 bits per heavy atom. The molecule has 0 radical (unpaired) electrons. The molecule has 45 heavy (non-hydrogen) atoms. The molecule has 7 rings (SSSR count). The summed E-state index contributed by atoms with van der Waals surface area (Å²) >= 11 is 8.53. The summed E-state index contributed by atoms with van der Waals surface area (Å²) in [5.41, 5.74) is 10.2. The molecule has 232 valence electrons. The molecule has 7 nitrogen and oxygen atoms in total. The van der Waals surface area contributed by atoms with Crippen LogP contribution in [0, 0.1) is 19.8 Å². The normalized spacial score (nSPS) is 17.4. The number of benzene rings is 3. The number of nitrogens with zero attached hydrogens (tertiary/aromatic N) is 4. The van der Waals surface area contributed by atoms with Gasteiger partial charge in [-0.05, 0) is 86.7 Å². The van der Waals surface area contributed by atoms with Crippen LogP contribution in [-0.4, -0.2) is 56.5 Å². The third-order valence-electron chi connectivity index (χ3n) is 9.44. The first kappa shape index (κ1) is 30.1. The highest BCUT2D eigenvalue weighted by Gasteiger charge is 2.28. The lowest BCUT2D eigenvalue weighted by Gasteiger charge is -2.29. The Balaban J connectivity index is 1.19. The van der Waals surface area contributed by atoms with Gasteiger partial charge in [-0.1, -0.05) is 41.9 Å². The molecule has 1 fully saturated rings. The maximum Gasteiger partial charge on any atom is 0.307 e. The highest BCUT2D eigenvalue weighted by Crippen LogP contribution is 2.40. The topological polar surface area (TPSA) is 82.7 Å². The second-order valence-corrected chi connectivity index (χ2v) is 14.2. The number of halogens is 1. The number of carboxylic acid groups (broad SMARTS) is 1. The summed E-state index contributed by atoms with van der Waals surface area (Å²) in [5, 5.41) is 11.0. The molecule has 0 amide bonds. The number of hydrogen-bond donors (Lipinski definition) is 1. The second-order valence-electron chi connectivity index (χ2n) is 12.7. The molecule has 2 aromatic heterocycles. The Morgan fingerprint density at radius 2 is 1.76 bits per heavy atom. The molecule has 0 aliphatic carbocycles. The molecule has 1 N–H and O–H groups in total. The van der Waals surface area contributed by atoms with Crippen LogP contribution < -0.4 is 0 Å². The van der Waals surface area contributed by atoms with Gasteiger partial charge in [0.15, 0.2) is 5.58 Å². The molecule has 0 spiro atoms. The molecule has 4 heterocycles. The van der Waals surface area contributed by atoms with E-state index < -0.39 is 5.97 Å². The molecule has 1 unspecified atom stereocenters. The highest BCUT2D eigenvalue weighted by molar-refractivity contribution is 7.15. The summed E-state index contributed by atoms with van der Waals surface area (Å²) in [6.07, 6.45) is 1.67. The van der Waals surface area contributed by atoms with Crippen molar-refractivity contribution in [3.8, 4) is 33.2 Å². The van der Waals surface area contributed by atoms with Gasteiger partial charge in [0.25, 0.3) is 0 Å². The smallest absolute Gasteiger partial charge is 0.307 e. The number of carbonyl (C=O) groups is 1. The number of fused-ring (bicyclic) bond motifs is 2. The Bertz CT molecular complexity index is 1930. The zero-order valence-electron chi connectivity index (χ0n) is 26.1. The second kappa shape index (κ2) is 12.0. The van der Waals surface area contributed by atoms with Gasteiger partial charge in [0.1, 0.15) is 10.5 Å². The van der Waals surface area contributed by atoms with E-state index in [0.29, 0.717) is 47.6 Å². The van der Waals surface area contributed by atoms with Crippen LogP contribution in [-0.2, 0) is 24.3 Å². The number of rotatable bonds is 7. The summed E-state index contributed by atoms with van der Waals surface area (Å²) in [6.45, 7) is 12.8. The standard InChI is InChI=1S/C36H37ClN4O3S/c1-20(2)41-14-12-30-32(19-41)45-35(39-30)28-10-6-8-26(22(28)4)25-7-5-9-27(21(25)3)34-38-31-16-23(15-29(37)33(31)44-34)17-40-13-11-24(18-40)36(42)43/h5-10,15-16,20,24H,11-14,17-19H2,1-4H3,(H,42,43). The molecule has 2 aliphatic rings. The van der Waals surface area contributed by atoms with Gasteiger partial charge in [0.05, 0.1) is 16.6 Å². The molecular formula is C36H37ClN4O3S. The molecule has 9 heteroatoms. The summed E-state index contributed by atoms with van der Waals surface area (Å²) < 4.78 is 6.28. The minimum Gasteiger partial charge on any atom is -0.481 e. The SMILES string of the molecule is Cc1c(-c2nc3cc(CN4CCC(C(=O)O)C4)cc(Cl)c3o2)cccc1-c1cccc(-c2nc3c(s2)CN(C(C)C)CC3)c1C. The van der Waals surface area contributed by atoms with Crippen molar-refractivity contribution >= 4 is 40.0 Å². The van der Waals surface area contributed by atoms with Crippen LogP contribution in [0.2, 0.25) is 5.02 Å². The van der Waals surface area contributed by atoms with Crippen LogP contribution in [0.25, 0.3) is 44.3 Å². The monoisotopic (exact) mass is 640 g/mol. The first-order valence-corrected chi connectivity index (χ1v) is 16.8. The Labute approximate surface area is 272 Å². The van der Waals surface area contributed by atoms with Gasteiger partial charge in [0.2, 0.25) is 5.89 Å². The van der Waals surface area contributed by atoms with Crippen LogP contribution in [0.5, 0.6) is 0 Å². The molecule has 0 saturated carbocycles. The van der Waals surface area contributed by atoms with Crippen molar-refractivity contribution in [1.29, 1.82) is 0 Å². The van der Waals surface area contributed by atoms with E-state index in [9.17, 15) is 9.90 Å². The van der Waals surface area contributed by atoms with Crippen molar-refractivity contribution in [1.82, 2.24) is 19.8 Å². The minimum atomic E-state index is -0.730. The molecule has 1 saturated heterocycles. The van der Waals surface area contributed by atoms with Crippen molar-refractivity contribution in [3.05, 3.63) is 80.8 Å². The fourth-order valence-electron chi connectivity index (χ4n) is 6.78. The number of hydrogen-bond acceptors (Lipinski definition) is 7. The van der Waals surface area contributed by atoms with Crippen molar-refractivity contribution in [2.24, 2.45) is 5.92 Å². The quantitative estimate of drug-likeness (QED) is 0.192. The van der Waals surface area contributed by atoms with Gasteiger partial charge in [0, 0.05) is 54.6 Å². The zero-order chi connectivity index (χ0) is 31.4. The molecule has 3 aromatic carbocycles. The number of carboxylic acids is 1. The lowest BCUT2D eigenvalue weighted by atomic mass is 9.91. The van der Waals surface area contributed by atoms with Crippen LogP contribution in [0.4, 0.5) is 0 Å². The van der Waals surface area contributed by atoms with Gasteiger partial charge in [-0.15, -0.1) is 11.3 Å². The van der Waals surface area contributed by atoms with Gasteiger partial charge < -0.3 is 9.52 Å². The Hall–Kier alpha value is -3.56. The fraction of sp³-hybridized carbons (Fsp3) is 0.361. The largest absolute Gasteiger partial charge is 0.481 e. The predicted octanol–water partition coefficient (Wildman–Crippen LogP) is 8.23. The van der Waals surface area contributed by atoms with Crippen molar-refractivity contribution in [2.75, 3.05) is 19.6 Å². The summed E-state index contributed by atoms with van der Waals surface area (Å²) in [4.78, 5) is 27.5. The maximum atomic E-state index is 11.4. The van der Waals surface area contributed by atoms with E-state index in [0.717, 1.165) is 53.3 Å². The molecular weight excluding hydrogens is 604 g/mol. The van der Waals surface area contributed by atoms with E-state index in [4.69, 9.17) is 26.0 Å². The highest BCUT2D eigenvalue weighted by atomic mass is 35.5. The fourth-order valence-corrected chi connectivity index (χ4v) is 8.27. The predicted molar refractivity (Wildman–Crippen MR) is 181 cm³/mol. The first-order valence-electron chi connectivity index (χ1n) is 15.6. The average molecular weight is 641 g/mol. The zero-order valence-corrected chi connectivity index (χ0v) is 27.6. The molecule has 1 atom stereocenters. The van der Waals surface area contributed by atoms with Gasteiger partial charge in [-0.3, -0.25) is 14.6 Å². The summed E-state index contributed by atoms with van der Waals surface area (Å²) in [5.74, 6) is -0.511. The third-order valence-corrected chi connectivity index (χ3v) is 10.8. The number of thiazole rings is 1. The van der Waals surface area contributed by atoms with Crippen LogP contribution in [0.3, 0.4) is 0 Å². The lowest BCUT2D eigenvalue weighted by molar-refractivity contribution is -0.141. The van der Waals surface area contributed by atoms with E-state index in [1.54, 1.807) is 0 Å². The van der Waals surface area contributed by atoms with E-state index >= 15 is 0 Å². The van der Waals surface area contributed by atoms with E-state index in [2.05, 4.69) is 67.8 Å². The summed E-state index contributed by atoms with van der Waals surface area (Å²) in [7, 11) is 0. The van der Waals surface area contributed by atoms with Crippen molar-refractivity contribution in [2.45, 2.75) is 59.7 Å². The van der Waals surface area contributed by atoms with Crippen molar-refractivity contribution in [3.63, 3.8) is 0 Å². The lowest BCUT2D eigenvalue weighted by Crippen LogP contribution is -2.35. The molecule has 5 aromatic rings. The van der Waals surface area contributed by atoms with Gasteiger partial charge in [-0.2, -0.15) is 0 Å². The first-order chi connectivity index (χ1) is 21.7. The van der Waals surface area contributed by atoms with Gasteiger partial charge in [-0.25, -0.2) is 9.97 Å². The average Bonchev–Trinajstić information content (AvgIpc) is 3.76. The number of oxazole rings is 1. The van der Waals surface area contributed by atoms with E-state index in [1.807, 2.05) is 29.5 Å². The molecule has 2 aliphatic heterocycles. The maximum absolute atomic E-state index is 11.4. The molecule has 0 bridgehead atoms. The van der Waals surface area contributed by atoms with E-state index in [1.165, 1.54) is 27.3 Å². The Kier molecular flexibility index (Phi) is 8.02. The Morgan fingerprint density at radius 1 is 1.04 bits per heavy atom. The van der Waals surface area contributed by atoms with Crippen LogP contribution in [0.1, 0.15) is 47.5 Å². The van der Waals surface area contributed by atoms with E-state index in [-0.39, 0.29) is 5.92 Å². The van der Waals surface area contributed by atoms with Crippen LogP contribution in [0.15, 0.2) is 52.9 Å². The third kappa shape index (κ3) is 5.69. The summed E-state index contributed by atoms with van der Waals surface area (Å²) in [6, 6.07) is 17.2. The minimum absolute atomic E-state index is 0.315. The number of aliphatic carboxylic acids is 1. The van der Waals surface area contributed by atoms with Crippen LogP contribution >= 0.6 is 22.9 Å². The van der Waals surface area contributed by atoms with Gasteiger partial charge >= 0.3 is 5.97 Å². The van der Waals surface area contributed by atoms with Crippen molar-refractivity contribution < 1.29 is 14.3 Å².